The third-order valence-corrected chi connectivity index (χ3v) is 6.63. The molecule has 0 saturated carbocycles. The van der Waals surface area contributed by atoms with Crippen LogP contribution in [-0.4, -0.2) is 50.2 Å². The summed E-state index contributed by atoms with van der Waals surface area (Å²) in [7, 11) is -3.23. The van der Waals surface area contributed by atoms with E-state index in [4.69, 9.17) is 0 Å². The molecule has 1 aromatic heterocycles. The zero-order chi connectivity index (χ0) is 19.6. The normalized spacial score (nSPS) is 15.8. The molecule has 1 aliphatic rings. The number of nitrogens with one attached hydrogen (secondary N) is 2. The Balaban J connectivity index is 1.35. The summed E-state index contributed by atoms with van der Waals surface area (Å²) in [6.07, 6.45) is 2.12. The van der Waals surface area contributed by atoms with Crippen LogP contribution in [0.1, 0.15) is 12.5 Å². The summed E-state index contributed by atoms with van der Waals surface area (Å²) in [5, 5.41) is 1.30. The summed E-state index contributed by atoms with van der Waals surface area (Å²) in [6.45, 7) is 6.51. The van der Waals surface area contributed by atoms with Crippen molar-refractivity contribution in [2.24, 2.45) is 0 Å². The molecule has 0 radical (unpaired) electrons. The van der Waals surface area contributed by atoms with Gasteiger partial charge in [0.1, 0.15) is 0 Å². The number of sulfonamides is 1. The van der Waals surface area contributed by atoms with Gasteiger partial charge in [-0.3, -0.25) is 9.62 Å². The van der Waals surface area contributed by atoms with E-state index in [1.165, 1.54) is 16.5 Å². The molecule has 4 rings (SSSR count). The molecule has 0 unspecified atom stereocenters. The van der Waals surface area contributed by atoms with Crippen molar-refractivity contribution in [1.82, 2.24) is 9.88 Å². The number of nitrogens with zero attached hydrogens (tertiary/aromatic N) is 2. The molecule has 2 heterocycles. The Hall–Kier alpha value is -2.51. The zero-order valence-corrected chi connectivity index (χ0v) is 16.9. The fourth-order valence-electron chi connectivity index (χ4n) is 3.66. The molecule has 0 spiro atoms. The number of H-pyrrole nitrogens is 1. The molecular weight excluding hydrogens is 372 g/mol. The van der Waals surface area contributed by atoms with Crippen LogP contribution in [0.3, 0.4) is 0 Å². The summed E-state index contributed by atoms with van der Waals surface area (Å²) >= 11 is 0. The quantitative estimate of drug-likeness (QED) is 0.669. The lowest BCUT2D eigenvalue weighted by atomic mass is 10.1. The van der Waals surface area contributed by atoms with E-state index in [1.807, 2.05) is 24.3 Å². The fourth-order valence-corrected chi connectivity index (χ4v) is 4.30. The summed E-state index contributed by atoms with van der Waals surface area (Å²) in [5.41, 5.74) is 4.28. The van der Waals surface area contributed by atoms with Crippen molar-refractivity contribution >= 4 is 32.3 Å². The van der Waals surface area contributed by atoms with Crippen LogP contribution >= 0.6 is 0 Å². The van der Waals surface area contributed by atoms with Gasteiger partial charge in [-0.25, -0.2) is 8.42 Å². The number of piperazine rings is 1. The Morgan fingerprint density at radius 3 is 2.43 bits per heavy atom. The number of fused-ring (bicyclic) bond motifs is 1. The Kier molecular flexibility index (Phi) is 5.28. The predicted molar refractivity (Wildman–Crippen MR) is 115 cm³/mol. The summed E-state index contributed by atoms with van der Waals surface area (Å²) < 4.78 is 25.9. The van der Waals surface area contributed by atoms with Gasteiger partial charge in [-0.05, 0) is 42.8 Å². The number of para-hydroxylation sites is 1. The van der Waals surface area contributed by atoms with Crippen molar-refractivity contribution in [3.8, 4) is 0 Å². The Bertz CT molecular complexity index is 1040. The third kappa shape index (κ3) is 4.15. The topological polar surface area (TPSA) is 68.4 Å². The van der Waals surface area contributed by atoms with Gasteiger partial charge < -0.3 is 9.88 Å². The molecule has 1 aliphatic heterocycles. The number of benzene rings is 2. The van der Waals surface area contributed by atoms with Gasteiger partial charge in [0.05, 0.1) is 5.75 Å². The average Bonchev–Trinajstić information content (AvgIpc) is 3.12. The van der Waals surface area contributed by atoms with Crippen LogP contribution in [0.25, 0.3) is 10.9 Å². The second-order valence-corrected chi connectivity index (χ2v) is 9.19. The lowest BCUT2D eigenvalue weighted by Crippen LogP contribution is -2.45. The van der Waals surface area contributed by atoms with E-state index in [-0.39, 0.29) is 5.75 Å². The molecule has 3 aromatic rings. The van der Waals surface area contributed by atoms with Gasteiger partial charge in [-0.2, -0.15) is 0 Å². The number of aromatic amines is 1. The maximum absolute atomic E-state index is 11.7. The van der Waals surface area contributed by atoms with Crippen LogP contribution < -0.4 is 9.62 Å². The minimum Gasteiger partial charge on any atom is -0.369 e. The lowest BCUT2D eigenvalue weighted by Gasteiger charge is -2.36. The van der Waals surface area contributed by atoms with Crippen LogP contribution in [0.15, 0.2) is 54.7 Å². The molecule has 148 valence electrons. The van der Waals surface area contributed by atoms with Gasteiger partial charge in [0.15, 0.2) is 0 Å². The smallest absolute Gasteiger partial charge is 0.232 e. The van der Waals surface area contributed by atoms with E-state index in [2.05, 4.69) is 50.0 Å². The monoisotopic (exact) mass is 398 g/mol. The van der Waals surface area contributed by atoms with Crippen LogP contribution in [0.4, 0.5) is 11.4 Å². The first-order valence-electron chi connectivity index (χ1n) is 9.67. The maximum atomic E-state index is 11.7. The SMILES string of the molecule is CCS(=O)(=O)Nc1ccc(N2CCN(Cc3c[nH]c4ccccc34)CC2)cc1. The number of rotatable bonds is 6. The minimum atomic E-state index is -3.23. The van der Waals surface area contributed by atoms with Crippen molar-refractivity contribution in [2.75, 3.05) is 41.6 Å². The predicted octanol–water partition coefficient (Wildman–Crippen LogP) is 3.25. The number of hydrogen-bond acceptors (Lipinski definition) is 4. The van der Waals surface area contributed by atoms with E-state index in [0.717, 1.165) is 38.4 Å². The van der Waals surface area contributed by atoms with E-state index >= 15 is 0 Å². The van der Waals surface area contributed by atoms with Crippen molar-refractivity contribution in [3.05, 3.63) is 60.3 Å². The molecule has 0 amide bonds. The number of hydrogen-bond donors (Lipinski definition) is 2. The van der Waals surface area contributed by atoms with Gasteiger partial charge in [-0.1, -0.05) is 18.2 Å². The number of anilines is 2. The highest BCUT2D eigenvalue weighted by Gasteiger charge is 2.18. The highest BCUT2D eigenvalue weighted by molar-refractivity contribution is 7.92. The molecule has 0 aliphatic carbocycles. The lowest BCUT2D eigenvalue weighted by molar-refractivity contribution is 0.250. The van der Waals surface area contributed by atoms with Crippen LogP contribution in [0, 0.1) is 0 Å². The Morgan fingerprint density at radius 1 is 1.00 bits per heavy atom. The highest BCUT2D eigenvalue weighted by atomic mass is 32.2. The maximum Gasteiger partial charge on any atom is 0.232 e. The standard InChI is InChI=1S/C21H26N4O2S/c1-2-28(26,27)23-18-7-9-19(10-8-18)25-13-11-24(12-14-25)16-17-15-22-21-6-4-3-5-20(17)21/h3-10,15,22-23H,2,11-14,16H2,1H3. The molecule has 1 saturated heterocycles. The van der Waals surface area contributed by atoms with E-state index in [9.17, 15) is 8.42 Å². The van der Waals surface area contributed by atoms with E-state index in [1.54, 1.807) is 6.92 Å². The molecule has 0 atom stereocenters. The van der Waals surface area contributed by atoms with Crippen LogP contribution in [-0.2, 0) is 16.6 Å². The van der Waals surface area contributed by atoms with Gasteiger partial charge >= 0.3 is 0 Å². The first-order chi connectivity index (χ1) is 13.5. The molecular formula is C21H26N4O2S. The second-order valence-electron chi connectivity index (χ2n) is 7.18. The average molecular weight is 399 g/mol. The van der Waals surface area contributed by atoms with Crippen molar-refractivity contribution in [2.45, 2.75) is 13.5 Å². The Labute approximate surface area is 166 Å². The first kappa shape index (κ1) is 18.8. The van der Waals surface area contributed by atoms with E-state index in [0.29, 0.717) is 5.69 Å². The molecule has 2 aromatic carbocycles. The van der Waals surface area contributed by atoms with E-state index < -0.39 is 10.0 Å². The van der Waals surface area contributed by atoms with Crippen molar-refractivity contribution in [3.63, 3.8) is 0 Å². The van der Waals surface area contributed by atoms with Crippen molar-refractivity contribution in [1.29, 1.82) is 0 Å². The van der Waals surface area contributed by atoms with Gasteiger partial charge in [0.2, 0.25) is 10.0 Å². The van der Waals surface area contributed by atoms with Gasteiger partial charge in [0, 0.05) is 61.2 Å². The van der Waals surface area contributed by atoms with Crippen molar-refractivity contribution < 1.29 is 8.42 Å². The fraction of sp³-hybridized carbons (Fsp3) is 0.333. The first-order valence-corrected chi connectivity index (χ1v) is 11.3. The van der Waals surface area contributed by atoms with Gasteiger partial charge in [-0.15, -0.1) is 0 Å². The highest BCUT2D eigenvalue weighted by Crippen LogP contribution is 2.23. The number of aromatic nitrogens is 1. The Morgan fingerprint density at radius 2 is 1.71 bits per heavy atom. The molecule has 7 heteroatoms. The summed E-state index contributed by atoms with van der Waals surface area (Å²) in [5.74, 6) is 0.0765. The molecule has 28 heavy (non-hydrogen) atoms. The van der Waals surface area contributed by atoms with Gasteiger partial charge in [0.25, 0.3) is 0 Å². The van der Waals surface area contributed by atoms with Crippen LogP contribution in [0.5, 0.6) is 0 Å². The molecule has 6 nitrogen and oxygen atoms in total. The minimum absolute atomic E-state index is 0.0765. The third-order valence-electron chi connectivity index (χ3n) is 5.33. The largest absolute Gasteiger partial charge is 0.369 e. The second kappa shape index (κ2) is 7.85. The van der Waals surface area contributed by atoms with Crippen LogP contribution in [0.2, 0.25) is 0 Å². The molecule has 1 fully saturated rings. The summed E-state index contributed by atoms with van der Waals surface area (Å²) in [6, 6.07) is 16.1. The molecule has 0 bridgehead atoms. The molecule has 2 N–H and O–H groups in total. The summed E-state index contributed by atoms with van der Waals surface area (Å²) in [4.78, 5) is 8.19. The zero-order valence-electron chi connectivity index (χ0n) is 16.1.